The maximum Gasteiger partial charge on any atom is 0.254 e. The summed E-state index contributed by atoms with van der Waals surface area (Å²) >= 11 is 0. The van der Waals surface area contributed by atoms with Crippen LogP contribution >= 0.6 is 12.4 Å². The van der Waals surface area contributed by atoms with Gasteiger partial charge in [-0.3, -0.25) is 4.79 Å². The van der Waals surface area contributed by atoms with Crippen molar-refractivity contribution in [3.05, 3.63) is 65.2 Å². The van der Waals surface area contributed by atoms with E-state index in [4.69, 9.17) is 0 Å². The predicted octanol–water partition coefficient (Wildman–Crippen LogP) is 4.13. The van der Waals surface area contributed by atoms with Crippen molar-refractivity contribution in [2.45, 2.75) is 32.9 Å². The fourth-order valence-corrected chi connectivity index (χ4v) is 2.87. The molecule has 3 nitrogen and oxygen atoms in total. The number of halogens is 1. The Bertz CT molecular complexity index is 670. The van der Waals surface area contributed by atoms with Crippen molar-refractivity contribution in [2.75, 3.05) is 11.9 Å². The molecule has 3 rings (SSSR count). The predicted molar refractivity (Wildman–Crippen MR) is 97.3 cm³/mol. The molecule has 0 unspecified atom stereocenters. The lowest BCUT2D eigenvalue weighted by molar-refractivity contribution is 0.0690. The number of hydrogen-bond acceptors (Lipinski definition) is 2. The van der Waals surface area contributed by atoms with E-state index in [-0.39, 0.29) is 24.4 Å². The number of carbonyl (C=O) groups excluding carboxylic acids is 1. The summed E-state index contributed by atoms with van der Waals surface area (Å²) in [6, 6.07) is 16.3. The third kappa shape index (κ3) is 3.85. The standard InChI is InChI=1S/C19H22N2O.ClH/c1-14(2)21(13-15-6-4-3-5-7-15)19(22)17-8-9-18-16(12-17)10-11-20-18;/h3-9,12,14,20H,10-11,13H2,1-2H3;1H. The fraction of sp³-hybridized carbons (Fsp3) is 0.316. The van der Waals surface area contributed by atoms with E-state index in [9.17, 15) is 4.79 Å². The van der Waals surface area contributed by atoms with Crippen molar-refractivity contribution in [1.29, 1.82) is 0 Å². The van der Waals surface area contributed by atoms with Crippen LogP contribution in [0.3, 0.4) is 0 Å². The van der Waals surface area contributed by atoms with Gasteiger partial charge in [-0.1, -0.05) is 30.3 Å². The van der Waals surface area contributed by atoms with Gasteiger partial charge in [0.15, 0.2) is 0 Å². The molecule has 0 spiro atoms. The quantitative estimate of drug-likeness (QED) is 0.914. The molecule has 0 aromatic heterocycles. The molecule has 1 aliphatic heterocycles. The zero-order chi connectivity index (χ0) is 15.5. The lowest BCUT2D eigenvalue weighted by Crippen LogP contribution is -2.36. The summed E-state index contributed by atoms with van der Waals surface area (Å²) in [6.45, 7) is 5.74. The summed E-state index contributed by atoms with van der Waals surface area (Å²) in [5.41, 5.74) is 4.35. The molecule has 0 saturated heterocycles. The first-order valence-electron chi connectivity index (χ1n) is 7.87. The number of anilines is 1. The number of carbonyl (C=O) groups is 1. The van der Waals surface area contributed by atoms with Crippen LogP contribution < -0.4 is 5.32 Å². The van der Waals surface area contributed by atoms with Crippen LogP contribution in [0.15, 0.2) is 48.5 Å². The highest BCUT2D eigenvalue weighted by atomic mass is 35.5. The van der Waals surface area contributed by atoms with E-state index in [0.29, 0.717) is 6.54 Å². The zero-order valence-corrected chi connectivity index (χ0v) is 14.4. The van der Waals surface area contributed by atoms with Crippen LogP contribution in [0.25, 0.3) is 0 Å². The van der Waals surface area contributed by atoms with Crippen LogP contribution in [0.1, 0.15) is 35.3 Å². The van der Waals surface area contributed by atoms with Crippen LogP contribution in [0.4, 0.5) is 5.69 Å². The smallest absolute Gasteiger partial charge is 0.254 e. The molecular weight excluding hydrogens is 308 g/mol. The SMILES string of the molecule is CC(C)N(Cc1ccccc1)C(=O)c1ccc2c(c1)CCN2.Cl. The Balaban J connectivity index is 0.00000192. The lowest BCUT2D eigenvalue weighted by atomic mass is 10.1. The average Bonchev–Trinajstić information content (AvgIpc) is 3.00. The van der Waals surface area contributed by atoms with Crippen LogP contribution in [0.5, 0.6) is 0 Å². The molecule has 4 heteroatoms. The fourth-order valence-electron chi connectivity index (χ4n) is 2.87. The highest BCUT2D eigenvalue weighted by Crippen LogP contribution is 2.24. The Morgan fingerprint density at radius 1 is 1.17 bits per heavy atom. The number of hydrogen-bond donors (Lipinski definition) is 1. The van der Waals surface area contributed by atoms with E-state index in [1.54, 1.807) is 0 Å². The third-order valence-corrected chi connectivity index (χ3v) is 4.14. The van der Waals surface area contributed by atoms with Crippen molar-refractivity contribution < 1.29 is 4.79 Å². The number of fused-ring (bicyclic) bond motifs is 1. The van der Waals surface area contributed by atoms with Gasteiger partial charge in [-0.2, -0.15) is 0 Å². The van der Waals surface area contributed by atoms with Gasteiger partial charge in [0.25, 0.3) is 5.91 Å². The molecule has 0 saturated carbocycles. The molecular formula is C19H23ClN2O. The number of rotatable bonds is 4. The minimum absolute atomic E-state index is 0. The molecule has 1 heterocycles. The summed E-state index contributed by atoms with van der Waals surface area (Å²) in [7, 11) is 0. The molecule has 1 amide bonds. The van der Waals surface area contributed by atoms with Gasteiger partial charge in [-0.25, -0.2) is 0 Å². The highest BCUT2D eigenvalue weighted by Gasteiger charge is 2.21. The zero-order valence-electron chi connectivity index (χ0n) is 13.6. The second-order valence-electron chi connectivity index (χ2n) is 6.06. The second-order valence-corrected chi connectivity index (χ2v) is 6.06. The topological polar surface area (TPSA) is 32.3 Å². The molecule has 0 aliphatic carbocycles. The first-order chi connectivity index (χ1) is 10.6. The van der Waals surface area contributed by atoms with E-state index >= 15 is 0 Å². The maximum atomic E-state index is 12.9. The molecule has 0 atom stereocenters. The van der Waals surface area contributed by atoms with E-state index in [0.717, 1.165) is 29.8 Å². The van der Waals surface area contributed by atoms with Gasteiger partial charge in [-0.15, -0.1) is 12.4 Å². The van der Waals surface area contributed by atoms with Crippen molar-refractivity contribution >= 4 is 24.0 Å². The van der Waals surface area contributed by atoms with Crippen LogP contribution in [-0.2, 0) is 13.0 Å². The van der Waals surface area contributed by atoms with Gasteiger partial charge < -0.3 is 10.2 Å². The molecule has 1 aliphatic rings. The van der Waals surface area contributed by atoms with E-state index in [1.807, 2.05) is 41.3 Å². The van der Waals surface area contributed by atoms with Crippen molar-refractivity contribution in [3.63, 3.8) is 0 Å². The van der Waals surface area contributed by atoms with E-state index in [1.165, 1.54) is 5.56 Å². The number of nitrogens with zero attached hydrogens (tertiary/aromatic N) is 1. The lowest BCUT2D eigenvalue weighted by Gasteiger charge is -2.27. The van der Waals surface area contributed by atoms with Gasteiger partial charge in [0.1, 0.15) is 0 Å². The Kier molecular flexibility index (Phi) is 5.67. The number of nitrogens with one attached hydrogen (secondary N) is 1. The Labute approximate surface area is 144 Å². The van der Waals surface area contributed by atoms with Crippen LogP contribution in [0.2, 0.25) is 0 Å². The molecule has 0 fully saturated rings. The summed E-state index contributed by atoms with van der Waals surface area (Å²) < 4.78 is 0. The summed E-state index contributed by atoms with van der Waals surface area (Å²) in [5.74, 6) is 0.105. The normalized spacial score (nSPS) is 12.3. The minimum Gasteiger partial charge on any atom is -0.384 e. The molecule has 0 bridgehead atoms. The summed E-state index contributed by atoms with van der Waals surface area (Å²) in [6.07, 6.45) is 0.997. The average molecular weight is 331 g/mol. The number of amides is 1. The van der Waals surface area contributed by atoms with Gasteiger partial charge in [-0.05, 0) is 49.6 Å². The van der Waals surface area contributed by atoms with Crippen LogP contribution in [0, 0.1) is 0 Å². The first kappa shape index (κ1) is 17.4. The van der Waals surface area contributed by atoms with Crippen molar-refractivity contribution in [3.8, 4) is 0 Å². The van der Waals surface area contributed by atoms with Crippen molar-refractivity contribution in [1.82, 2.24) is 4.90 Å². The molecule has 23 heavy (non-hydrogen) atoms. The third-order valence-electron chi connectivity index (χ3n) is 4.14. The summed E-state index contributed by atoms with van der Waals surface area (Å²) in [5, 5.41) is 3.33. The Morgan fingerprint density at radius 2 is 1.91 bits per heavy atom. The first-order valence-corrected chi connectivity index (χ1v) is 7.87. The van der Waals surface area contributed by atoms with Gasteiger partial charge >= 0.3 is 0 Å². The molecule has 122 valence electrons. The van der Waals surface area contributed by atoms with Gasteiger partial charge in [0, 0.05) is 30.4 Å². The highest BCUT2D eigenvalue weighted by molar-refractivity contribution is 5.95. The second kappa shape index (κ2) is 7.51. The van der Waals surface area contributed by atoms with E-state index in [2.05, 4.69) is 31.3 Å². The van der Waals surface area contributed by atoms with Gasteiger partial charge in [0.2, 0.25) is 0 Å². The monoisotopic (exact) mass is 330 g/mol. The van der Waals surface area contributed by atoms with Gasteiger partial charge in [0.05, 0.1) is 0 Å². The minimum atomic E-state index is 0. The molecule has 0 radical (unpaired) electrons. The van der Waals surface area contributed by atoms with E-state index < -0.39 is 0 Å². The largest absolute Gasteiger partial charge is 0.384 e. The Hall–Kier alpha value is -2.00. The Morgan fingerprint density at radius 3 is 2.61 bits per heavy atom. The molecule has 2 aromatic carbocycles. The molecule has 1 N–H and O–H groups in total. The van der Waals surface area contributed by atoms with Crippen LogP contribution in [-0.4, -0.2) is 23.4 Å². The maximum absolute atomic E-state index is 12.9. The summed E-state index contributed by atoms with van der Waals surface area (Å²) in [4.78, 5) is 14.8. The van der Waals surface area contributed by atoms with Crippen molar-refractivity contribution in [2.24, 2.45) is 0 Å². The number of benzene rings is 2. The molecule has 2 aromatic rings.